The van der Waals surface area contributed by atoms with E-state index >= 15 is 0 Å². The molecule has 3 aliphatic rings. The normalized spacial score (nSPS) is 21.7. The smallest absolute Gasteiger partial charge is 0.289 e. The Kier molecular flexibility index (Phi) is 4.31. The molecule has 3 aromatic rings. The lowest BCUT2D eigenvalue weighted by Gasteiger charge is -2.35. The molecule has 3 fully saturated rings. The van der Waals surface area contributed by atoms with E-state index in [-0.39, 0.29) is 11.9 Å². The maximum atomic E-state index is 13.2. The lowest BCUT2D eigenvalue weighted by atomic mass is 9.95. The second-order valence-electron chi connectivity index (χ2n) is 7.48. The highest BCUT2D eigenvalue weighted by Crippen LogP contribution is 2.30. The Morgan fingerprint density at radius 3 is 2.79 bits per heavy atom. The van der Waals surface area contributed by atoms with E-state index in [1.807, 2.05) is 29.3 Å². The first kappa shape index (κ1) is 17.0. The molecule has 6 heterocycles. The van der Waals surface area contributed by atoms with Crippen LogP contribution in [0.4, 0.5) is 5.95 Å². The van der Waals surface area contributed by atoms with Gasteiger partial charge in [0.15, 0.2) is 5.76 Å². The number of anilines is 1. The molecule has 8 nitrogen and oxygen atoms in total. The minimum absolute atomic E-state index is 0.0303. The first-order chi connectivity index (χ1) is 13.8. The Morgan fingerprint density at radius 2 is 1.96 bits per heavy atom. The van der Waals surface area contributed by atoms with Crippen molar-refractivity contribution in [2.45, 2.75) is 25.4 Å². The number of piperidine rings is 1. The van der Waals surface area contributed by atoms with E-state index < -0.39 is 0 Å². The minimum Gasteiger partial charge on any atom is -0.454 e. The van der Waals surface area contributed by atoms with Crippen LogP contribution in [0.2, 0.25) is 0 Å². The average molecular weight is 378 g/mol. The van der Waals surface area contributed by atoms with Gasteiger partial charge in [0.1, 0.15) is 5.76 Å². The van der Waals surface area contributed by atoms with Crippen LogP contribution in [0.1, 0.15) is 29.2 Å². The van der Waals surface area contributed by atoms with Crippen LogP contribution < -0.4 is 4.90 Å². The van der Waals surface area contributed by atoms with E-state index in [9.17, 15) is 4.79 Å². The fourth-order valence-electron chi connectivity index (χ4n) is 4.22. The van der Waals surface area contributed by atoms with Gasteiger partial charge in [0.05, 0.1) is 6.54 Å². The van der Waals surface area contributed by atoms with E-state index in [0.717, 1.165) is 44.2 Å². The number of amides is 1. The maximum absolute atomic E-state index is 13.2. The summed E-state index contributed by atoms with van der Waals surface area (Å²) in [5, 5.41) is 4.18. The zero-order valence-corrected chi connectivity index (χ0v) is 15.5. The topological polar surface area (TPSA) is 80.3 Å². The average Bonchev–Trinajstić information content (AvgIpc) is 3.33. The van der Waals surface area contributed by atoms with Crippen molar-refractivity contribution in [1.29, 1.82) is 0 Å². The molecule has 2 atom stereocenters. The SMILES string of the molecule is O=C(c1ccc(Cn2cccn2)o1)N1CC2CCC1CN(c1ncccn1)C2. The summed E-state index contributed by atoms with van der Waals surface area (Å²) in [7, 11) is 0. The highest BCUT2D eigenvalue weighted by atomic mass is 16.4. The quantitative estimate of drug-likeness (QED) is 0.691. The van der Waals surface area contributed by atoms with Gasteiger partial charge in [-0.05, 0) is 43.0 Å². The van der Waals surface area contributed by atoms with Crippen LogP contribution in [-0.2, 0) is 6.54 Å². The molecule has 0 saturated carbocycles. The Hall–Kier alpha value is -3.16. The van der Waals surface area contributed by atoms with Crippen molar-refractivity contribution < 1.29 is 9.21 Å². The summed E-state index contributed by atoms with van der Waals surface area (Å²) >= 11 is 0. The molecule has 2 bridgehead atoms. The molecule has 144 valence electrons. The second-order valence-corrected chi connectivity index (χ2v) is 7.48. The summed E-state index contributed by atoms with van der Waals surface area (Å²) < 4.78 is 7.62. The molecule has 8 heteroatoms. The van der Waals surface area contributed by atoms with Crippen LogP contribution in [-0.4, -0.2) is 56.2 Å². The molecule has 2 unspecified atom stereocenters. The molecule has 3 aromatic heterocycles. The molecule has 3 saturated heterocycles. The van der Waals surface area contributed by atoms with Gasteiger partial charge >= 0.3 is 0 Å². The Morgan fingerprint density at radius 1 is 1.07 bits per heavy atom. The Labute approximate surface area is 162 Å². The Bertz CT molecular complexity index is 939. The number of rotatable bonds is 4. The highest BCUT2D eigenvalue weighted by Gasteiger charge is 2.39. The number of carbonyl (C=O) groups excluding carboxylic acids is 1. The molecular formula is C20H22N6O2. The van der Waals surface area contributed by atoms with Crippen molar-refractivity contribution in [3.63, 3.8) is 0 Å². The number of carbonyl (C=O) groups is 1. The van der Waals surface area contributed by atoms with Gasteiger partial charge in [0.2, 0.25) is 5.95 Å². The summed E-state index contributed by atoms with van der Waals surface area (Å²) in [6.45, 7) is 2.91. The van der Waals surface area contributed by atoms with Crippen molar-refractivity contribution in [1.82, 2.24) is 24.6 Å². The Balaban J connectivity index is 1.32. The highest BCUT2D eigenvalue weighted by molar-refractivity contribution is 5.92. The van der Waals surface area contributed by atoms with Crippen LogP contribution >= 0.6 is 0 Å². The summed E-state index contributed by atoms with van der Waals surface area (Å²) in [6, 6.07) is 7.47. The number of fused-ring (bicyclic) bond motifs is 4. The van der Waals surface area contributed by atoms with Crippen molar-refractivity contribution in [3.8, 4) is 0 Å². The molecule has 0 aromatic carbocycles. The third kappa shape index (κ3) is 3.26. The number of aromatic nitrogens is 4. The van der Waals surface area contributed by atoms with E-state index in [4.69, 9.17) is 4.42 Å². The van der Waals surface area contributed by atoms with Gasteiger partial charge < -0.3 is 14.2 Å². The van der Waals surface area contributed by atoms with Gasteiger partial charge in [-0.15, -0.1) is 0 Å². The van der Waals surface area contributed by atoms with E-state index in [0.29, 0.717) is 18.2 Å². The number of hydrogen-bond donors (Lipinski definition) is 0. The van der Waals surface area contributed by atoms with Crippen molar-refractivity contribution in [3.05, 3.63) is 60.6 Å². The van der Waals surface area contributed by atoms with Crippen LogP contribution in [0.15, 0.2) is 53.5 Å². The van der Waals surface area contributed by atoms with Crippen LogP contribution in [0.25, 0.3) is 0 Å². The zero-order chi connectivity index (χ0) is 18.9. The molecule has 0 N–H and O–H groups in total. The van der Waals surface area contributed by atoms with Gasteiger partial charge in [-0.3, -0.25) is 9.48 Å². The van der Waals surface area contributed by atoms with Gasteiger partial charge in [0, 0.05) is 50.5 Å². The number of nitrogens with zero attached hydrogens (tertiary/aromatic N) is 6. The third-order valence-corrected chi connectivity index (χ3v) is 5.56. The molecular weight excluding hydrogens is 356 g/mol. The molecule has 0 spiro atoms. The molecule has 0 radical (unpaired) electrons. The summed E-state index contributed by atoms with van der Waals surface area (Å²) in [5.41, 5.74) is 0. The first-order valence-corrected chi connectivity index (χ1v) is 9.65. The van der Waals surface area contributed by atoms with E-state index in [2.05, 4.69) is 20.0 Å². The predicted octanol–water partition coefficient (Wildman–Crippen LogP) is 2.06. The third-order valence-electron chi connectivity index (χ3n) is 5.56. The van der Waals surface area contributed by atoms with Gasteiger partial charge in [0.25, 0.3) is 5.91 Å². The maximum Gasteiger partial charge on any atom is 0.289 e. The standard InChI is InChI=1S/C20H22N6O2/c27-19(18-6-5-17(28-18)14-25-10-2-9-23-25)26-12-15-3-4-16(26)13-24(11-15)20-21-7-1-8-22-20/h1-2,5-10,15-16H,3-4,11-14H2. The molecule has 1 amide bonds. The van der Waals surface area contributed by atoms with E-state index in [1.54, 1.807) is 29.3 Å². The molecule has 0 aliphatic carbocycles. The molecule has 6 rings (SSSR count). The van der Waals surface area contributed by atoms with Crippen molar-refractivity contribution in [2.24, 2.45) is 5.92 Å². The number of furan rings is 1. The van der Waals surface area contributed by atoms with E-state index in [1.165, 1.54) is 0 Å². The van der Waals surface area contributed by atoms with Gasteiger partial charge in [-0.2, -0.15) is 5.10 Å². The summed E-state index contributed by atoms with van der Waals surface area (Å²) in [5.74, 6) is 2.26. The molecule has 28 heavy (non-hydrogen) atoms. The minimum atomic E-state index is -0.0303. The van der Waals surface area contributed by atoms with Gasteiger partial charge in [-0.25, -0.2) is 9.97 Å². The van der Waals surface area contributed by atoms with Crippen molar-refractivity contribution in [2.75, 3.05) is 24.5 Å². The van der Waals surface area contributed by atoms with Crippen LogP contribution in [0.3, 0.4) is 0 Å². The van der Waals surface area contributed by atoms with Crippen LogP contribution in [0, 0.1) is 5.92 Å². The second kappa shape index (κ2) is 7.10. The monoisotopic (exact) mass is 378 g/mol. The van der Waals surface area contributed by atoms with Crippen molar-refractivity contribution >= 4 is 11.9 Å². The molecule has 3 aliphatic heterocycles. The largest absolute Gasteiger partial charge is 0.454 e. The lowest BCUT2D eigenvalue weighted by Crippen LogP contribution is -2.47. The fourth-order valence-corrected chi connectivity index (χ4v) is 4.22. The fraction of sp³-hybridized carbons (Fsp3) is 0.400. The zero-order valence-electron chi connectivity index (χ0n) is 15.5. The lowest BCUT2D eigenvalue weighted by molar-refractivity contribution is 0.0557. The van der Waals surface area contributed by atoms with Gasteiger partial charge in [-0.1, -0.05) is 0 Å². The first-order valence-electron chi connectivity index (χ1n) is 9.65. The predicted molar refractivity (Wildman–Crippen MR) is 102 cm³/mol. The summed E-state index contributed by atoms with van der Waals surface area (Å²) in [4.78, 5) is 26.1. The summed E-state index contributed by atoms with van der Waals surface area (Å²) in [6.07, 6.45) is 9.26. The number of hydrogen-bond acceptors (Lipinski definition) is 6. The van der Waals surface area contributed by atoms with Crippen LogP contribution in [0.5, 0.6) is 0 Å².